The zero-order chi connectivity index (χ0) is 26.0. The molecule has 0 saturated carbocycles. The topological polar surface area (TPSA) is 90.4 Å². The second-order valence-electron chi connectivity index (χ2n) is 9.15. The first kappa shape index (κ1) is 25.0. The molecule has 0 bridgehead atoms. The van der Waals surface area contributed by atoms with Crippen molar-refractivity contribution in [3.05, 3.63) is 87.7 Å². The standard InChI is InChI=1S/C29H26FNO5/c1-4-25(32)28-23-15-22(19-6-5-7-20(14-19)26(33)13-8-17(2)3)24(31(34)35)16-27(23)36-29(28)18-9-11-21(30)12-10-18/h5-7,9-12,14-17H,4,8,13H2,1-3H3. The predicted octanol–water partition coefficient (Wildman–Crippen LogP) is 8.03. The van der Waals surface area contributed by atoms with E-state index in [9.17, 15) is 24.1 Å². The fraction of sp³-hybridized carbons (Fsp3) is 0.241. The molecule has 184 valence electrons. The number of ketones is 2. The molecule has 7 heteroatoms. The summed E-state index contributed by atoms with van der Waals surface area (Å²) >= 11 is 0. The molecule has 0 radical (unpaired) electrons. The van der Waals surface area contributed by atoms with E-state index in [-0.39, 0.29) is 40.6 Å². The number of Topliss-reactive ketones (excluding diaryl/α,β-unsaturated/α-hetero) is 2. The van der Waals surface area contributed by atoms with Gasteiger partial charge in [0.05, 0.1) is 22.1 Å². The zero-order valence-electron chi connectivity index (χ0n) is 20.3. The van der Waals surface area contributed by atoms with E-state index in [4.69, 9.17) is 4.42 Å². The van der Waals surface area contributed by atoms with E-state index in [1.807, 2.05) is 13.8 Å². The maximum atomic E-state index is 13.5. The summed E-state index contributed by atoms with van der Waals surface area (Å²) in [5.41, 5.74) is 2.02. The average Bonchev–Trinajstić information content (AvgIpc) is 3.25. The van der Waals surface area contributed by atoms with Crippen LogP contribution in [-0.4, -0.2) is 16.5 Å². The number of carbonyl (C=O) groups excluding carboxylic acids is 2. The molecule has 0 aliphatic rings. The molecule has 0 atom stereocenters. The van der Waals surface area contributed by atoms with Gasteiger partial charge in [-0.25, -0.2) is 4.39 Å². The number of nitrogens with zero attached hydrogens (tertiary/aromatic N) is 1. The highest BCUT2D eigenvalue weighted by Crippen LogP contribution is 2.41. The SMILES string of the molecule is CCC(=O)c1c(-c2ccc(F)cc2)oc2cc([N+](=O)[O-])c(-c3cccc(C(=O)CCC(C)C)c3)cc12. The van der Waals surface area contributed by atoms with Crippen LogP contribution in [0.1, 0.15) is 60.7 Å². The number of rotatable bonds is 9. The molecule has 4 aromatic rings. The normalized spacial score (nSPS) is 11.2. The van der Waals surface area contributed by atoms with E-state index >= 15 is 0 Å². The molecule has 36 heavy (non-hydrogen) atoms. The third-order valence-electron chi connectivity index (χ3n) is 6.15. The Morgan fingerprint density at radius 3 is 2.36 bits per heavy atom. The van der Waals surface area contributed by atoms with Gasteiger partial charge >= 0.3 is 0 Å². The number of fused-ring (bicyclic) bond motifs is 1. The minimum absolute atomic E-state index is 0.0296. The Hall–Kier alpha value is -4.13. The molecule has 0 fully saturated rings. The van der Waals surface area contributed by atoms with E-state index < -0.39 is 10.7 Å². The molecule has 0 aliphatic carbocycles. The zero-order valence-corrected chi connectivity index (χ0v) is 20.3. The molecule has 6 nitrogen and oxygen atoms in total. The second-order valence-corrected chi connectivity index (χ2v) is 9.15. The highest BCUT2D eigenvalue weighted by Gasteiger charge is 2.26. The highest BCUT2D eigenvalue weighted by molar-refractivity contribution is 6.13. The van der Waals surface area contributed by atoms with Crippen molar-refractivity contribution in [3.8, 4) is 22.5 Å². The lowest BCUT2D eigenvalue weighted by Crippen LogP contribution is -2.02. The summed E-state index contributed by atoms with van der Waals surface area (Å²) < 4.78 is 19.4. The average molecular weight is 488 g/mol. The Kier molecular flexibility index (Phi) is 7.10. The second kappa shape index (κ2) is 10.2. The van der Waals surface area contributed by atoms with Gasteiger partial charge in [0, 0.05) is 29.4 Å². The molecule has 0 amide bonds. The van der Waals surface area contributed by atoms with Crippen LogP contribution in [0.3, 0.4) is 0 Å². The van der Waals surface area contributed by atoms with E-state index in [1.165, 1.54) is 30.3 Å². The lowest BCUT2D eigenvalue weighted by Gasteiger charge is -2.08. The molecule has 0 N–H and O–H groups in total. The van der Waals surface area contributed by atoms with Crippen LogP contribution in [0.15, 0.2) is 65.1 Å². The van der Waals surface area contributed by atoms with Crippen LogP contribution in [0.4, 0.5) is 10.1 Å². The van der Waals surface area contributed by atoms with Crippen LogP contribution in [0.5, 0.6) is 0 Å². The highest BCUT2D eigenvalue weighted by atomic mass is 19.1. The molecule has 3 aromatic carbocycles. The van der Waals surface area contributed by atoms with E-state index in [1.54, 1.807) is 37.3 Å². The van der Waals surface area contributed by atoms with Crippen LogP contribution in [-0.2, 0) is 0 Å². The molecular formula is C29H26FNO5. The molecular weight excluding hydrogens is 461 g/mol. The minimum Gasteiger partial charge on any atom is -0.455 e. The van der Waals surface area contributed by atoms with E-state index in [2.05, 4.69) is 0 Å². The van der Waals surface area contributed by atoms with Crippen molar-refractivity contribution in [2.75, 3.05) is 0 Å². The summed E-state index contributed by atoms with van der Waals surface area (Å²) in [6.07, 6.45) is 1.33. The van der Waals surface area contributed by atoms with Crippen LogP contribution >= 0.6 is 0 Å². The summed E-state index contributed by atoms with van der Waals surface area (Å²) in [7, 11) is 0. The molecule has 0 spiro atoms. The lowest BCUT2D eigenvalue weighted by molar-refractivity contribution is -0.384. The first-order valence-corrected chi connectivity index (χ1v) is 11.9. The van der Waals surface area contributed by atoms with Crippen molar-refractivity contribution in [1.82, 2.24) is 0 Å². The quantitative estimate of drug-likeness (QED) is 0.135. The Morgan fingerprint density at radius 2 is 1.72 bits per heavy atom. The van der Waals surface area contributed by atoms with Gasteiger partial charge in [-0.2, -0.15) is 0 Å². The summed E-state index contributed by atoms with van der Waals surface area (Å²) in [6, 6.07) is 15.2. The summed E-state index contributed by atoms with van der Waals surface area (Å²) in [5.74, 6) is -0.0463. The van der Waals surface area contributed by atoms with Crippen LogP contribution in [0.2, 0.25) is 0 Å². The van der Waals surface area contributed by atoms with Crippen molar-refractivity contribution in [2.45, 2.75) is 40.0 Å². The monoisotopic (exact) mass is 487 g/mol. The van der Waals surface area contributed by atoms with Gasteiger partial charge in [0.2, 0.25) is 0 Å². The Bertz CT molecular complexity index is 1470. The van der Waals surface area contributed by atoms with Gasteiger partial charge < -0.3 is 4.42 Å². The van der Waals surface area contributed by atoms with E-state index in [0.717, 1.165) is 6.42 Å². The number of hydrogen-bond donors (Lipinski definition) is 0. The fourth-order valence-electron chi connectivity index (χ4n) is 4.20. The third kappa shape index (κ3) is 4.96. The van der Waals surface area contributed by atoms with Crippen molar-refractivity contribution < 1.29 is 23.3 Å². The molecule has 1 aromatic heterocycles. The van der Waals surface area contributed by atoms with Gasteiger partial charge in [-0.1, -0.05) is 39.0 Å². The number of halogens is 1. The van der Waals surface area contributed by atoms with Gasteiger partial charge in [0.15, 0.2) is 11.6 Å². The summed E-state index contributed by atoms with van der Waals surface area (Å²) in [6.45, 7) is 5.80. The number of nitro benzene ring substituents is 1. The molecule has 0 saturated heterocycles. The van der Waals surface area contributed by atoms with Crippen molar-refractivity contribution in [2.24, 2.45) is 5.92 Å². The first-order valence-electron chi connectivity index (χ1n) is 11.9. The largest absolute Gasteiger partial charge is 0.455 e. The Balaban J connectivity index is 1.91. The Morgan fingerprint density at radius 1 is 1.00 bits per heavy atom. The molecule has 0 unspecified atom stereocenters. The van der Waals surface area contributed by atoms with E-state index in [0.29, 0.717) is 40.0 Å². The van der Waals surface area contributed by atoms with Crippen molar-refractivity contribution in [3.63, 3.8) is 0 Å². The van der Waals surface area contributed by atoms with Gasteiger partial charge in [-0.15, -0.1) is 0 Å². The summed E-state index contributed by atoms with van der Waals surface area (Å²) in [4.78, 5) is 37.2. The van der Waals surface area contributed by atoms with Crippen LogP contribution in [0, 0.1) is 21.8 Å². The number of furan rings is 1. The molecule has 4 rings (SSSR count). The summed E-state index contributed by atoms with van der Waals surface area (Å²) in [5, 5.41) is 12.4. The predicted molar refractivity (Wildman–Crippen MR) is 137 cm³/mol. The molecule has 0 aliphatic heterocycles. The van der Waals surface area contributed by atoms with Gasteiger partial charge in [0.25, 0.3) is 5.69 Å². The Labute approximate surface area is 207 Å². The fourth-order valence-corrected chi connectivity index (χ4v) is 4.20. The lowest BCUT2D eigenvalue weighted by atomic mass is 9.94. The van der Waals surface area contributed by atoms with Crippen molar-refractivity contribution in [1.29, 1.82) is 0 Å². The maximum Gasteiger partial charge on any atom is 0.280 e. The smallest absolute Gasteiger partial charge is 0.280 e. The maximum absolute atomic E-state index is 13.5. The first-order chi connectivity index (χ1) is 17.2. The number of carbonyl (C=O) groups is 2. The third-order valence-corrected chi connectivity index (χ3v) is 6.15. The molecule has 1 heterocycles. The number of hydrogen-bond acceptors (Lipinski definition) is 5. The van der Waals surface area contributed by atoms with Crippen molar-refractivity contribution >= 4 is 28.2 Å². The van der Waals surface area contributed by atoms with Crippen LogP contribution in [0.25, 0.3) is 33.4 Å². The van der Waals surface area contributed by atoms with Gasteiger partial charge in [-0.3, -0.25) is 19.7 Å². The van der Waals surface area contributed by atoms with Gasteiger partial charge in [-0.05, 0) is 54.3 Å². The number of nitro groups is 1. The van der Waals surface area contributed by atoms with Crippen LogP contribution < -0.4 is 0 Å². The number of benzene rings is 3. The van der Waals surface area contributed by atoms with Gasteiger partial charge in [0.1, 0.15) is 17.2 Å². The minimum atomic E-state index is -0.510.